The molecule has 0 spiro atoms. The third-order valence-corrected chi connectivity index (χ3v) is 6.14. The molecule has 2 fully saturated rings. The van der Waals surface area contributed by atoms with Gasteiger partial charge in [-0.25, -0.2) is 9.50 Å². The first-order chi connectivity index (χ1) is 13.4. The van der Waals surface area contributed by atoms with Crippen LogP contribution in [0.5, 0.6) is 0 Å². The van der Waals surface area contributed by atoms with Crippen LogP contribution in [0.2, 0.25) is 0 Å². The maximum absolute atomic E-state index is 4.77. The molecule has 3 aromatic rings. The third kappa shape index (κ3) is 3.32. The van der Waals surface area contributed by atoms with E-state index in [9.17, 15) is 0 Å². The van der Waals surface area contributed by atoms with Gasteiger partial charge in [0, 0.05) is 50.2 Å². The molecule has 2 aliphatic rings. The monoisotopic (exact) mass is 361 g/mol. The minimum absolute atomic E-state index is 0.810. The topological polar surface area (TPSA) is 36.7 Å². The molecule has 0 radical (unpaired) electrons. The minimum Gasteiger partial charge on any atom is -0.352 e. The van der Waals surface area contributed by atoms with Gasteiger partial charge in [0.2, 0.25) is 0 Å². The fourth-order valence-corrected chi connectivity index (χ4v) is 4.65. The molecule has 2 aromatic heterocycles. The van der Waals surface area contributed by atoms with E-state index in [2.05, 4.69) is 40.1 Å². The quantitative estimate of drug-likeness (QED) is 0.710. The molecule has 0 N–H and O–H groups in total. The zero-order chi connectivity index (χ0) is 18.1. The lowest BCUT2D eigenvalue weighted by molar-refractivity contribution is 0.148. The van der Waals surface area contributed by atoms with Crippen LogP contribution in [0.1, 0.15) is 32.1 Å². The lowest BCUT2D eigenvalue weighted by Crippen LogP contribution is -2.51. The average molecular weight is 361 g/mol. The number of hydrogen-bond acceptors (Lipinski definition) is 4. The summed E-state index contributed by atoms with van der Waals surface area (Å²) in [5, 5.41) is 4.77. The third-order valence-electron chi connectivity index (χ3n) is 6.14. The van der Waals surface area contributed by atoms with Crippen LogP contribution in [-0.2, 0) is 0 Å². The second-order valence-corrected chi connectivity index (χ2v) is 7.79. The van der Waals surface area contributed by atoms with Crippen molar-refractivity contribution in [3.8, 4) is 11.3 Å². The molecule has 1 saturated carbocycles. The van der Waals surface area contributed by atoms with E-state index < -0.39 is 0 Å². The van der Waals surface area contributed by atoms with Crippen LogP contribution < -0.4 is 4.90 Å². The van der Waals surface area contributed by atoms with Gasteiger partial charge in [-0.15, -0.1) is 0 Å². The first-order valence-corrected chi connectivity index (χ1v) is 10.3. The summed E-state index contributed by atoms with van der Waals surface area (Å²) < 4.78 is 1.97. The largest absolute Gasteiger partial charge is 0.352 e. The van der Waals surface area contributed by atoms with Crippen LogP contribution >= 0.6 is 0 Å². The van der Waals surface area contributed by atoms with Gasteiger partial charge < -0.3 is 4.90 Å². The minimum atomic E-state index is 0.810. The van der Waals surface area contributed by atoms with Gasteiger partial charge in [-0.3, -0.25) is 4.90 Å². The van der Waals surface area contributed by atoms with Gasteiger partial charge in [-0.05, 0) is 18.9 Å². The highest BCUT2D eigenvalue weighted by atomic mass is 15.3. The Bertz CT molecular complexity index is 889. The Balaban J connectivity index is 1.37. The van der Waals surface area contributed by atoms with Crippen LogP contribution in [0.25, 0.3) is 16.8 Å². The van der Waals surface area contributed by atoms with Crippen molar-refractivity contribution >= 4 is 11.3 Å². The fraction of sp³-hybridized carbons (Fsp3) is 0.455. The van der Waals surface area contributed by atoms with Gasteiger partial charge in [0.25, 0.3) is 0 Å². The smallest absolute Gasteiger partial charge is 0.154 e. The zero-order valence-corrected chi connectivity index (χ0v) is 15.8. The molecule has 27 heavy (non-hydrogen) atoms. The van der Waals surface area contributed by atoms with Gasteiger partial charge in [0.05, 0.1) is 5.69 Å². The predicted octanol–water partition coefficient (Wildman–Crippen LogP) is 3.85. The van der Waals surface area contributed by atoms with E-state index in [1.165, 1.54) is 32.1 Å². The number of anilines is 1. The van der Waals surface area contributed by atoms with Gasteiger partial charge in [0.1, 0.15) is 5.52 Å². The SMILES string of the molecule is c1ccc(-c2cc3c(N4CCN(C5CCCCC5)CC4)nccn3n2)cc1. The van der Waals surface area contributed by atoms with Crippen LogP contribution in [0.3, 0.4) is 0 Å². The Hall–Kier alpha value is -2.40. The van der Waals surface area contributed by atoms with Crippen molar-refractivity contribution in [1.82, 2.24) is 19.5 Å². The van der Waals surface area contributed by atoms with E-state index in [0.717, 1.165) is 54.8 Å². The molecule has 1 aliphatic heterocycles. The highest BCUT2D eigenvalue weighted by Gasteiger charge is 2.26. The molecule has 1 aliphatic carbocycles. The van der Waals surface area contributed by atoms with Gasteiger partial charge in [0.15, 0.2) is 5.82 Å². The van der Waals surface area contributed by atoms with E-state index in [0.29, 0.717) is 0 Å². The number of rotatable bonds is 3. The van der Waals surface area contributed by atoms with E-state index in [1.54, 1.807) is 0 Å². The molecule has 3 heterocycles. The number of benzene rings is 1. The summed E-state index contributed by atoms with van der Waals surface area (Å²) in [5.74, 6) is 1.07. The normalized spacial score (nSPS) is 19.6. The lowest BCUT2D eigenvalue weighted by atomic mass is 9.94. The molecule has 0 unspecified atom stereocenters. The van der Waals surface area contributed by atoms with Crippen LogP contribution in [0, 0.1) is 0 Å². The molecular weight excluding hydrogens is 334 g/mol. The molecule has 5 nitrogen and oxygen atoms in total. The predicted molar refractivity (Wildman–Crippen MR) is 109 cm³/mol. The number of hydrogen-bond donors (Lipinski definition) is 0. The molecule has 5 heteroatoms. The van der Waals surface area contributed by atoms with Crippen molar-refractivity contribution in [1.29, 1.82) is 0 Å². The highest BCUT2D eigenvalue weighted by molar-refractivity contribution is 5.75. The summed E-state index contributed by atoms with van der Waals surface area (Å²) in [4.78, 5) is 9.87. The van der Waals surface area contributed by atoms with Crippen molar-refractivity contribution in [2.75, 3.05) is 31.1 Å². The molecule has 140 valence electrons. The standard InChI is InChI=1S/C22H27N5/c1-3-7-18(8-4-1)20-17-21-22(23-11-12-27(21)24-20)26-15-13-25(14-16-26)19-9-5-2-6-10-19/h1,3-4,7-8,11-12,17,19H,2,5-6,9-10,13-16H2. The Morgan fingerprint density at radius 2 is 1.67 bits per heavy atom. The van der Waals surface area contributed by atoms with Crippen LogP contribution in [0.15, 0.2) is 48.8 Å². The van der Waals surface area contributed by atoms with Crippen molar-refractivity contribution in [3.63, 3.8) is 0 Å². The van der Waals surface area contributed by atoms with Crippen molar-refractivity contribution in [2.45, 2.75) is 38.1 Å². The number of aromatic nitrogens is 3. The molecule has 1 saturated heterocycles. The Morgan fingerprint density at radius 3 is 2.44 bits per heavy atom. The van der Waals surface area contributed by atoms with E-state index in [1.807, 2.05) is 23.0 Å². The number of nitrogens with zero attached hydrogens (tertiary/aromatic N) is 5. The average Bonchev–Trinajstić information content (AvgIpc) is 3.20. The van der Waals surface area contributed by atoms with Gasteiger partial charge in [-0.1, -0.05) is 49.6 Å². The molecule has 0 atom stereocenters. The maximum Gasteiger partial charge on any atom is 0.154 e. The Kier molecular flexibility index (Phi) is 4.54. The van der Waals surface area contributed by atoms with Crippen molar-refractivity contribution in [3.05, 3.63) is 48.8 Å². The Morgan fingerprint density at radius 1 is 0.889 bits per heavy atom. The second kappa shape index (κ2) is 7.31. The second-order valence-electron chi connectivity index (χ2n) is 7.79. The Labute approximate surface area is 160 Å². The number of piperazine rings is 1. The van der Waals surface area contributed by atoms with Gasteiger partial charge in [-0.2, -0.15) is 5.10 Å². The summed E-state index contributed by atoms with van der Waals surface area (Å²) in [6.45, 7) is 4.39. The van der Waals surface area contributed by atoms with Crippen LogP contribution in [0.4, 0.5) is 5.82 Å². The summed E-state index contributed by atoms with van der Waals surface area (Å²) in [5.41, 5.74) is 3.25. The summed E-state index contributed by atoms with van der Waals surface area (Å²) in [6.07, 6.45) is 10.8. The molecular formula is C22H27N5. The zero-order valence-electron chi connectivity index (χ0n) is 15.8. The summed E-state index contributed by atoms with van der Waals surface area (Å²) >= 11 is 0. The van der Waals surface area contributed by atoms with Gasteiger partial charge >= 0.3 is 0 Å². The first kappa shape index (κ1) is 16.8. The van der Waals surface area contributed by atoms with Crippen LogP contribution in [-0.4, -0.2) is 51.7 Å². The number of fused-ring (bicyclic) bond motifs is 1. The lowest BCUT2D eigenvalue weighted by Gasteiger charge is -2.41. The van der Waals surface area contributed by atoms with E-state index in [4.69, 9.17) is 10.1 Å². The maximum atomic E-state index is 4.77. The molecule has 0 amide bonds. The van der Waals surface area contributed by atoms with E-state index in [-0.39, 0.29) is 0 Å². The molecule has 0 bridgehead atoms. The fourth-order valence-electron chi connectivity index (χ4n) is 4.65. The first-order valence-electron chi connectivity index (χ1n) is 10.3. The van der Waals surface area contributed by atoms with Crippen molar-refractivity contribution < 1.29 is 0 Å². The molecule has 5 rings (SSSR count). The molecule has 1 aromatic carbocycles. The van der Waals surface area contributed by atoms with Crippen molar-refractivity contribution in [2.24, 2.45) is 0 Å². The summed E-state index contributed by atoms with van der Waals surface area (Å²) in [7, 11) is 0. The highest BCUT2D eigenvalue weighted by Crippen LogP contribution is 2.27. The summed E-state index contributed by atoms with van der Waals surface area (Å²) in [6, 6.07) is 13.4. The van der Waals surface area contributed by atoms with E-state index >= 15 is 0 Å².